The van der Waals surface area contributed by atoms with Crippen LogP contribution in [0.5, 0.6) is 0 Å². The molecule has 27 heavy (non-hydrogen) atoms. The number of hydrogen-bond acceptors (Lipinski definition) is 3. The van der Waals surface area contributed by atoms with Crippen molar-refractivity contribution < 1.29 is 4.79 Å². The standard InChI is InChI=1S/C20H28N4OS.HI/c1-5-22-18(25)16-9-6-8-15(12-16)13-23-19(21-4)24-14-20(2,3)17-10-7-11-26-17;/h6-12H,5,13-14H2,1-4H3,(H,22,25)(H2,21,23,24);1H. The minimum absolute atomic E-state index is 0. The van der Waals surface area contributed by atoms with Gasteiger partial charge in [-0.1, -0.05) is 32.0 Å². The van der Waals surface area contributed by atoms with Crippen LogP contribution in [0.3, 0.4) is 0 Å². The second-order valence-electron chi connectivity index (χ2n) is 6.70. The van der Waals surface area contributed by atoms with Crippen LogP contribution in [-0.4, -0.2) is 32.0 Å². The van der Waals surface area contributed by atoms with Gasteiger partial charge in [-0.05, 0) is 36.1 Å². The first kappa shape index (κ1) is 23.4. The van der Waals surface area contributed by atoms with E-state index in [1.165, 1.54) is 4.88 Å². The predicted molar refractivity (Wildman–Crippen MR) is 125 cm³/mol. The van der Waals surface area contributed by atoms with Gasteiger partial charge in [0.05, 0.1) is 0 Å². The summed E-state index contributed by atoms with van der Waals surface area (Å²) < 4.78 is 0. The molecule has 1 aromatic heterocycles. The summed E-state index contributed by atoms with van der Waals surface area (Å²) in [6.07, 6.45) is 0. The van der Waals surface area contributed by atoms with Crippen molar-refractivity contribution in [1.29, 1.82) is 0 Å². The highest BCUT2D eigenvalue weighted by atomic mass is 127. The highest BCUT2D eigenvalue weighted by Crippen LogP contribution is 2.26. The average molecular weight is 500 g/mol. The molecule has 1 heterocycles. The molecule has 0 spiro atoms. The maximum absolute atomic E-state index is 11.9. The Morgan fingerprint density at radius 3 is 2.56 bits per heavy atom. The zero-order valence-corrected chi connectivity index (χ0v) is 19.5. The van der Waals surface area contributed by atoms with Gasteiger partial charge in [-0.2, -0.15) is 0 Å². The van der Waals surface area contributed by atoms with Gasteiger partial charge in [-0.3, -0.25) is 9.79 Å². The summed E-state index contributed by atoms with van der Waals surface area (Å²) in [6.45, 7) is 8.36. The Morgan fingerprint density at radius 1 is 1.15 bits per heavy atom. The molecule has 0 fully saturated rings. The molecule has 0 atom stereocenters. The lowest BCUT2D eigenvalue weighted by Crippen LogP contribution is -2.42. The van der Waals surface area contributed by atoms with Crippen molar-refractivity contribution in [3.63, 3.8) is 0 Å². The fourth-order valence-electron chi connectivity index (χ4n) is 2.55. The smallest absolute Gasteiger partial charge is 0.251 e. The third-order valence-corrected chi connectivity index (χ3v) is 5.33. The molecule has 0 radical (unpaired) electrons. The fraction of sp³-hybridized carbons (Fsp3) is 0.400. The van der Waals surface area contributed by atoms with E-state index < -0.39 is 0 Å². The van der Waals surface area contributed by atoms with E-state index in [9.17, 15) is 4.79 Å². The van der Waals surface area contributed by atoms with E-state index in [2.05, 4.69) is 52.3 Å². The van der Waals surface area contributed by atoms with Gasteiger partial charge in [0.1, 0.15) is 0 Å². The largest absolute Gasteiger partial charge is 0.356 e. The lowest BCUT2D eigenvalue weighted by Gasteiger charge is -2.25. The van der Waals surface area contributed by atoms with Gasteiger partial charge in [-0.15, -0.1) is 35.3 Å². The normalized spacial score (nSPS) is 11.5. The second kappa shape index (κ2) is 11.3. The molecule has 2 aromatic rings. The molecule has 2 rings (SSSR count). The number of carbonyl (C=O) groups is 1. The summed E-state index contributed by atoms with van der Waals surface area (Å²) >= 11 is 1.77. The van der Waals surface area contributed by atoms with Gasteiger partial charge in [-0.25, -0.2) is 0 Å². The van der Waals surface area contributed by atoms with E-state index in [1.54, 1.807) is 18.4 Å². The Bertz CT molecular complexity index is 744. The minimum atomic E-state index is -0.0467. The van der Waals surface area contributed by atoms with Crippen LogP contribution < -0.4 is 16.0 Å². The molecular formula is C20H29IN4OS. The molecule has 3 N–H and O–H groups in total. The van der Waals surface area contributed by atoms with Crippen molar-refractivity contribution in [2.45, 2.75) is 32.7 Å². The molecule has 0 saturated carbocycles. The van der Waals surface area contributed by atoms with Gasteiger partial charge in [0, 0.05) is 42.5 Å². The molecule has 0 aliphatic heterocycles. The van der Waals surface area contributed by atoms with Crippen LogP contribution in [0, 0.1) is 0 Å². The molecule has 1 aromatic carbocycles. The van der Waals surface area contributed by atoms with E-state index in [4.69, 9.17) is 0 Å². The predicted octanol–water partition coefficient (Wildman–Crippen LogP) is 3.76. The van der Waals surface area contributed by atoms with Crippen LogP contribution in [0.1, 0.15) is 41.6 Å². The molecule has 7 heteroatoms. The Kier molecular flexibility index (Phi) is 9.79. The highest BCUT2D eigenvalue weighted by molar-refractivity contribution is 14.0. The number of guanidine groups is 1. The Hall–Kier alpha value is -1.61. The molecule has 5 nitrogen and oxygen atoms in total. The lowest BCUT2D eigenvalue weighted by atomic mass is 9.91. The first-order valence-electron chi connectivity index (χ1n) is 8.82. The number of halogens is 1. The van der Waals surface area contributed by atoms with Gasteiger partial charge in [0.2, 0.25) is 0 Å². The Labute approximate surface area is 183 Å². The molecule has 0 aliphatic rings. The number of thiophene rings is 1. The molecule has 0 bridgehead atoms. The molecular weight excluding hydrogens is 471 g/mol. The average Bonchev–Trinajstić information content (AvgIpc) is 3.18. The van der Waals surface area contributed by atoms with Crippen LogP contribution in [0.4, 0.5) is 0 Å². The Morgan fingerprint density at radius 2 is 1.93 bits per heavy atom. The van der Waals surface area contributed by atoms with Crippen LogP contribution in [0.25, 0.3) is 0 Å². The SMILES string of the molecule is CCNC(=O)c1cccc(CNC(=NC)NCC(C)(C)c2cccs2)c1.I. The number of nitrogens with one attached hydrogen (secondary N) is 3. The van der Waals surface area contributed by atoms with Crippen molar-refractivity contribution in [3.8, 4) is 0 Å². The number of aliphatic imine (C=N–C) groups is 1. The first-order valence-corrected chi connectivity index (χ1v) is 9.70. The van der Waals surface area contributed by atoms with E-state index in [-0.39, 0.29) is 35.3 Å². The third kappa shape index (κ3) is 7.14. The van der Waals surface area contributed by atoms with Gasteiger partial charge >= 0.3 is 0 Å². The third-order valence-electron chi connectivity index (χ3n) is 4.10. The van der Waals surface area contributed by atoms with Crippen LogP contribution in [-0.2, 0) is 12.0 Å². The van der Waals surface area contributed by atoms with Crippen molar-refractivity contribution >= 4 is 47.2 Å². The molecule has 0 unspecified atom stereocenters. The Balaban J connectivity index is 0.00000364. The summed E-state index contributed by atoms with van der Waals surface area (Å²) in [7, 11) is 1.76. The summed E-state index contributed by atoms with van der Waals surface area (Å²) in [5.41, 5.74) is 1.74. The van der Waals surface area contributed by atoms with Crippen LogP contribution >= 0.6 is 35.3 Å². The van der Waals surface area contributed by atoms with E-state index >= 15 is 0 Å². The van der Waals surface area contributed by atoms with E-state index in [0.717, 1.165) is 18.1 Å². The zero-order valence-electron chi connectivity index (χ0n) is 16.3. The van der Waals surface area contributed by atoms with Crippen molar-refractivity contribution in [2.24, 2.45) is 4.99 Å². The summed E-state index contributed by atoms with van der Waals surface area (Å²) in [5, 5.41) is 11.6. The van der Waals surface area contributed by atoms with E-state index in [0.29, 0.717) is 18.7 Å². The topological polar surface area (TPSA) is 65.5 Å². The number of nitrogens with zero attached hydrogens (tertiary/aromatic N) is 1. The van der Waals surface area contributed by atoms with Gasteiger partial charge in [0.15, 0.2) is 5.96 Å². The maximum atomic E-state index is 11.9. The van der Waals surface area contributed by atoms with Crippen LogP contribution in [0.2, 0.25) is 0 Å². The second-order valence-corrected chi connectivity index (χ2v) is 7.65. The van der Waals surface area contributed by atoms with E-state index in [1.807, 2.05) is 31.2 Å². The van der Waals surface area contributed by atoms with Crippen molar-refractivity contribution in [3.05, 3.63) is 57.8 Å². The minimum Gasteiger partial charge on any atom is -0.356 e. The lowest BCUT2D eigenvalue weighted by molar-refractivity contribution is 0.0955. The molecule has 0 aliphatic carbocycles. The van der Waals surface area contributed by atoms with Crippen molar-refractivity contribution in [2.75, 3.05) is 20.1 Å². The number of benzene rings is 1. The van der Waals surface area contributed by atoms with Crippen LogP contribution in [0.15, 0.2) is 46.8 Å². The monoisotopic (exact) mass is 500 g/mol. The zero-order chi connectivity index (χ0) is 19.0. The van der Waals surface area contributed by atoms with Crippen molar-refractivity contribution in [1.82, 2.24) is 16.0 Å². The quantitative estimate of drug-likeness (QED) is 0.308. The molecule has 148 valence electrons. The summed E-state index contributed by atoms with van der Waals surface area (Å²) in [5.74, 6) is 0.701. The highest BCUT2D eigenvalue weighted by Gasteiger charge is 2.21. The van der Waals surface area contributed by atoms with Gasteiger partial charge < -0.3 is 16.0 Å². The maximum Gasteiger partial charge on any atom is 0.251 e. The van der Waals surface area contributed by atoms with Gasteiger partial charge in [0.25, 0.3) is 5.91 Å². The molecule has 0 saturated heterocycles. The number of hydrogen-bond donors (Lipinski definition) is 3. The molecule has 1 amide bonds. The number of carbonyl (C=O) groups excluding carboxylic acids is 1. The summed E-state index contributed by atoms with van der Waals surface area (Å²) in [6, 6.07) is 11.9. The first-order chi connectivity index (χ1) is 12.5. The number of rotatable bonds is 7. The summed E-state index contributed by atoms with van der Waals surface area (Å²) in [4.78, 5) is 17.6. The number of amides is 1. The fourth-order valence-corrected chi connectivity index (χ4v) is 3.40.